The maximum Gasteiger partial charge on any atom is 0.155 e. The number of carbonyl (C=O) groups excluding carboxylic acids is 2. The summed E-state index contributed by atoms with van der Waals surface area (Å²) >= 11 is 0. The first-order valence-electron chi connectivity index (χ1n) is 11.1. The monoisotopic (exact) mass is 354 g/mol. The van der Waals surface area contributed by atoms with Gasteiger partial charge in [0.1, 0.15) is 5.78 Å². The van der Waals surface area contributed by atoms with Crippen LogP contribution in [0.25, 0.3) is 0 Å². The highest BCUT2D eigenvalue weighted by Gasteiger charge is 2.67. The molecule has 0 aromatic rings. The molecular formula is C24H34O2. The zero-order valence-electron chi connectivity index (χ0n) is 16.8. The second-order valence-electron chi connectivity index (χ2n) is 10.9. The second-order valence-corrected chi connectivity index (χ2v) is 10.9. The molecule has 4 fully saturated rings. The summed E-state index contributed by atoms with van der Waals surface area (Å²) in [6.07, 6.45) is 12.9. The van der Waals surface area contributed by atoms with Gasteiger partial charge in [-0.15, -0.1) is 0 Å². The summed E-state index contributed by atoms with van der Waals surface area (Å²) in [6.45, 7) is 7.39. The highest BCUT2D eigenvalue weighted by atomic mass is 16.1. The molecule has 1 spiro atoms. The molecule has 2 nitrogen and oxygen atoms in total. The van der Waals surface area contributed by atoms with Gasteiger partial charge in [-0.2, -0.15) is 0 Å². The zero-order valence-corrected chi connectivity index (χ0v) is 16.8. The van der Waals surface area contributed by atoms with Gasteiger partial charge in [0, 0.05) is 18.3 Å². The van der Waals surface area contributed by atoms with Crippen LogP contribution >= 0.6 is 0 Å². The molecule has 0 saturated heterocycles. The Balaban J connectivity index is 1.55. The highest BCUT2D eigenvalue weighted by molar-refractivity contribution is 5.91. The predicted octanol–water partition coefficient (Wildman–Crippen LogP) is 5.50. The molecule has 5 rings (SSSR count). The zero-order chi connectivity index (χ0) is 18.3. The number of hydrogen-bond acceptors (Lipinski definition) is 2. The fourth-order valence-electron chi connectivity index (χ4n) is 8.84. The number of ketones is 2. The van der Waals surface area contributed by atoms with Gasteiger partial charge < -0.3 is 0 Å². The summed E-state index contributed by atoms with van der Waals surface area (Å²) in [7, 11) is 0. The van der Waals surface area contributed by atoms with Gasteiger partial charge in [0.05, 0.1) is 0 Å². The molecule has 0 aromatic heterocycles. The van der Waals surface area contributed by atoms with Gasteiger partial charge in [-0.3, -0.25) is 9.59 Å². The lowest BCUT2D eigenvalue weighted by Crippen LogP contribution is -2.55. The Morgan fingerprint density at radius 3 is 2.46 bits per heavy atom. The van der Waals surface area contributed by atoms with E-state index in [1.165, 1.54) is 24.8 Å². The third kappa shape index (κ3) is 1.89. The minimum absolute atomic E-state index is 0.0158. The van der Waals surface area contributed by atoms with E-state index in [1.54, 1.807) is 0 Å². The molecule has 2 unspecified atom stereocenters. The average molecular weight is 355 g/mol. The standard InChI is InChI=1S/C24H34O2/c1-15-13-16-14-17(25)6-10-22(16,2)18-7-11-23(3)19(21(15)18)8-12-24(23)9-4-5-20(24)26/h14-15,18-19,21H,4-13H2,1-3H3/t15-,18+,19?,21?,22-,23-,24+/m1/s1. The molecule has 26 heavy (non-hydrogen) atoms. The first-order valence-corrected chi connectivity index (χ1v) is 11.1. The third-order valence-corrected chi connectivity index (χ3v) is 10.2. The number of hydrogen-bond donors (Lipinski definition) is 0. The number of Topliss-reactive ketones (excluding diaryl/α,β-unsaturated/α-hetero) is 1. The molecule has 7 atom stereocenters. The summed E-state index contributed by atoms with van der Waals surface area (Å²) in [5.41, 5.74) is 1.94. The molecule has 142 valence electrons. The van der Waals surface area contributed by atoms with Crippen molar-refractivity contribution >= 4 is 11.6 Å². The van der Waals surface area contributed by atoms with Crippen molar-refractivity contribution in [1.29, 1.82) is 0 Å². The molecule has 5 aliphatic rings. The summed E-state index contributed by atoms with van der Waals surface area (Å²) in [4.78, 5) is 25.0. The summed E-state index contributed by atoms with van der Waals surface area (Å²) < 4.78 is 0. The van der Waals surface area contributed by atoms with Gasteiger partial charge in [-0.25, -0.2) is 0 Å². The van der Waals surface area contributed by atoms with Gasteiger partial charge in [-0.1, -0.05) is 26.3 Å². The van der Waals surface area contributed by atoms with Crippen molar-refractivity contribution in [3.05, 3.63) is 11.6 Å². The molecule has 0 aliphatic heterocycles. The largest absolute Gasteiger partial charge is 0.299 e. The fourth-order valence-corrected chi connectivity index (χ4v) is 8.84. The summed E-state index contributed by atoms with van der Waals surface area (Å²) in [5, 5.41) is 0. The van der Waals surface area contributed by atoms with Gasteiger partial charge in [0.15, 0.2) is 5.78 Å². The van der Waals surface area contributed by atoms with Crippen LogP contribution in [-0.2, 0) is 9.59 Å². The summed E-state index contributed by atoms with van der Waals surface area (Å²) in [5.74, 6) is 3.78. The molecule has 0 N–H and O–H groups in total. The van der Waals surface area contributed by atoms with Crippen molar-refractivity contribution in [3.63, 3.8) is 0 Å². The predicted molar refractivity (Wildman–Crippen MR) is 103 cm³/mol. The molecule has 0 bridgehead atoms. The van der Waals surface area contributed by atoms with Crippen molar-refractivity contribution in [2.24, 2.45) is 39.9 Å². The molecular weight excluding hydrogens is 320 g/mol. The van der Waals surface area contributed by atoms with E-state index >= 15 is 0 Å². The van der Waals surface area contributed by atoms with E-state index in [4.69, 9.17) is 0 Å². The lowest BCUT2D eigenvalue weighted by atomic mass is 9.43. The minimum atomic E-state index is 0.0158. The lowest BCUT2D eigenvalue weighted by Gasteiger charge is -2.61. The van der Waals surface area contributed by atoms with Crippen LogP contribution < -0.4 is 0 Å². The van der Waals surface area contributed by atoms with Gasteiger partial charge in [0.25, 0.3) is 0 Å². The van der Waals surface area contributed by atoms with Crippen LogP contribution in [0.2, 0.25) is 0 Å². The van der Waals surface area contributed by atoms with Crippen LogP contribution in [0.3, 0.4) is 0 Å². The Bertz CT molecular complexity index is 705. The van der Waals surface area contributed by atoms with E-state index in [9.17, 15) is 9.59 Å². The highest BCUT2D eigenvalue weighted by Crippen LogP contribution is 2.72. The molecule has 0 amide bonds. The van der Waals surface area contributed by atoms with Crippen LogP contribution in [0.1, 0.15) is 85.0 Å². The number of rotatable bonds is 0. The van der Waals surface area contributed by atoms with Crippen LogP contribution in [-0.4, -0.2) is 11.6 Å². The smallest absolute Gasteiger partial charge is 0.155 e. The first kappa shape index (κ1) is 17.2. The Morgan fingerprint density at radius 1 is 0.962 bits per heavy atom. The fraction of sp³-hybridized carbons (Fsp3) is 0.833. The van der Waals surface area contributed by atoms with E-state index in [-0.39, 0.29) is 16.2 Å². The van der Waals surface area contributed by atoms with E-state index in [2.05, 4.69) is 20.8 Å². The van der Waals surface area contributed by atoms with E-state index in [0.29, 0.717) is 23.4 Å². The van der Waals surface area contributed by atoms with Gasteiger partial charge in [-0.05, 0) is 91.9 Å². The van der Waals surface area contributed by atoms with Gasteiger partial charge in [0.2, 0.25) is 0 Å². The summed E-state index contributed by atoms with van der Waals surface area (Å²) in [6, 6.07) is 0. The van der Waals surface area contributed by atoms with Crippen molar-refractivity contribution in [1.82, 2.24) is 0 Å². The number of carbonyl (C=O) groups is 2. The van der Waals surface area contributed by atoms with Crippen LogP contribution in [0.4, 0.5) is 0 Å². The normalized spacial score (nSPS) is 53.3. The molecule has 4 saturated carbocycles. The first-order chi connectivity index (χ1) is 12.3. The maximum atomic E-state index is 13.0. The molecule has 0 aromatic carbocycles. The third-order valence-electron chi connectivity index (χ3n) is 10.2. The number of fused-ring (bicyclic) bond motifs is 6. The Kier molecular flexibility index (Phi) is 3.52. The Labute approximate surface area is 158 Å². The second kappa shape index (κ2) is 5.32. The lowest BCUT2D eigenvalue weighted by molar-refractivity contribution is -0.141. The van der Waals surface area contributed by atoms with E-state index in [1.807, 2.05) is 6.08 Å². The molecule has 0 radical (unpaired) electrons. The minimum Gasteiger partial charge on any atom is -0.299 e. The van der Waals surface area contributed by atoms with Crippen LogP contribution in [0, 0.1) is 39.9 Å². The van der Waals surface area contributed by atoms with Crippen molar-refractivity contribution < 1.29 is 9.59 Å². The van der Waals surface area contributed by atoms with Crippen LogP contribution in [0.5, 0.6) is 0 Å². The molecule has 5 aliphatic carbocycles. The van der Waals surface area contributed by atoms with Crippen molar-refractivity contribution in [3.8, 4) is 0 Å². The topological polar surface area (TPSA) is 34.1 Å². The van der Waals surface area contributed by atoms with Crippen molar-refractivity contribution in [2.75, 3.05) is 0 Å². The Hall–Kier alpha value is -0.920. The average Bonchev–Trinajstić information content (AvgIpc) is 3.12. The van der Waals surface area contributed by atoms with Crippen molar-refractivity contribution in [2.45, 2.75) is 85.0 Å². The SMILES string of the molecule is C[C@@H]1CC2=CC(=O)CC[C@@]2(C)[C@H]2CC[C@]3(C)C(CC[C@]34CCCC4=O)C12. The van der Waals surface area contributed by atoms with Crippen LogP contribution in [0.15, 0.2) is 11.6 Å². The number of allylic oxidation sites excluding steroid dienone is 1. The maximum absolute atomic E-state index is 13.0. The Morgan fingerprint density at radius 2 is 1.73 bits per heavy atom. The van der Waals surface area contributed by atoms with Gasteiger partial charge >= 0.3 is 0 Å². The van der Waals surface area contributed by atoms with E-state index in [0.717, 1.165) is 56.8 Å². The molecule has 0 heterocycles. The quantitative estimate of drug-likeness (QED) is 0.575. The van der Waals surface area contributed by atoms with E-state index < -0.39 is 0 Å². The molecule has 2 heteroatoms.